The molecule has 2 aliphatic rings. The molecule has 0 aromatic rings. The van der Waals surface area contributed by atoms with E-state index in [1.165, 1.54) is 6.42 Å². The Hall–Kier alpha value is -1.32. The average Bonchev–Trinajstić information content (AvgIpc) is 2.36. The van der Waals surface area contributed by atoms with Crippen molar-refractivity contribution in [2.24, 2.45) is 23.2 Å². The molecule has 2 aliphatic carbocycles. The summed E-state index contributed by atoms with van der Waals surface area (Å²) in [6.45, 7) is 6.71. The quantitative estimate of drug-likeness (QED) is 0.786. The third-order valence-corrected chi connectivity index (χ3v) is 4.82. The van der Waals surface area contributed by atoms with Crippen molar-refractivity contribution >= 4 is 11.9 Å². The number of carbonyl (C=O) groups is 2. The van der Waals surface area contributed by atoms with Crippen LogP contribution < -0.4 is 5.32 Å². The minimum atomic E-state index is -0.864. The Kier molecular flexibility index (Phi) is 4.74. The molecule has 4 nitrogen and oxygen atoms in total. The molecule has 0 bridgehead atoms. The second-order valence-corrected chi connectivity index (χ2v) is 7.61. The van der Waals surface area contributed by atoms with E-state index < -0.39 is 17.8 Å². The van der Waals surface area contributed by atoms with Crippen molar-refractivity contribution in [1.82, 2.24) is 5.32 Å². The van der Waals surface area contributed by atoms with Crippen molar-refractivity contribution in [2.75, 3.05) is 0 Å². The molecule has 0 heterocycles. The molecule has 0 radical (unpaired) electrons. The minimum absolute atomic E-state index is 0.0818. The van der Waals surface area contributed by atoms with Crippen molar-refractivity contribution in [3.8, 4) is 0 Å². The third-order valence-electron chi connectivity index (χ3n) is 4.82. The number of allylic oxidation sites excluding steroid dienone is 2. The SMILES string of the molecule is C[C@@H]1C[C@@H](NC(=O)[C@@H]2CC=CC[C@@H]2C(=O)O)CC(C)(C)C1. The van der Waals surface area contributed by atoms with Crippen LogP contribution in [-0.4, -0.2) is 23.0 Å². The van der Waals surface area contributed by atoms with E-state index in [-0.39, 0.29) is 17.4 Å². The molecule has 1 amide bonds. The lowest BCUT2D eigenvalue weighted by molar-refractivity contribution is -0.147. The molecule has 0 aromatic heterocycles. The van der Waals surface area contributed by atoms with Gasteiger partial charge in [0, 0.05) is 6.04 Å². The van der Waals surface area contributed by atoms with Crippen molar-refractivity contribution in [2.45, 2.75) is 58.9 Å². The summed E-state index contributed by atoms with van der Waals surface area (Å²) in [5.74, 6) is -1.35. The molecule has 0 saturated heterocycles. The summed E-state index contributed by atoms with van der Waals surface area (Å²) in [7, 11) is 0. The number of carbonyl (C=O) groups excluding carboxylic acids is 1. The van der Waals surface area contributed by atoms with Crippen LogP contribution in [0.15, 0.2) is 12.2 Å². The van der Waals surface area contributed by atoms with Gasteiger partial charge in [0.25, 0.3) is 0 Å². The van der Waals surface area contributed by atoms with Crippen molar-refractivity contribution in [3.63, 3.8) is 0 Å². The first-order valence-electron chi connectivity index (χ1n) is 7.96. The highest BCUT2D eigenvalue weighted by molar-refractivity contribution is 5.85. The van der Waals surface area contributed by atoms with E-state index >= 15 is 0 Å². The monoisotopic (exact) mass is 293 g/mol. The fourth-order valence-corrected chi connectivity index (χ4v) is 4.14. The van der Waals surface area contributed by atoms with Crippen LogP contribution in [0.3, 0.4) is 0 Å². The standard InChI is InChI=1S/C17H27NO3/c1-11-8-12(10-17(2,3)9-11)18-15(19)13-6-4-5-7-14(13)16(20)21/h4-5,11-14H,6-10H2,1-3H3,(H,18,19)(H,20,21)/t11-,12-,13-,14+/m1/s1. The summed E-state index contributed by atoms with van der Waals surface area (Å²) in [4.78, 5) is 23.8. The Balaban J connectivity index is 2.00. The van der Waals surface area contributed by atoms with E-state index in [2.05, 4.69) is 26.1 Å². The van der Waals surface area contributed by atoms with Crippen molar-refractivity contribution in [3.05, 3.63) is 12.2 Å². The summed E-state index contributed by atoms with van der Waals surface area (Å²) in [5.41, 5.74) is 0.244. The maximum Gasteiger partial charge on any atom is 0.307 e. The highest BCUT2D eigenvalue weighted by atomic mass is 16.4. The van der Waals surface area contributed by atoms with Crippen LogP contribution >= 0.6 is 0 Å². The van der Waals surface area contributed by atoms with E-state index in [9.17, 15) is 14.7 Å². The van der Waals surface area contributed by atoms with Gasteiger partial charge in [-0.15, -0.1) is 0 Å². The van der Waals surface area contributed by atoms with Crippen LogP contribution in [0.25, 0.3) is 0 Å². The van der Waals surface area contributed by atoms with Gasteiger partial charge in [-0.1, -0.05) is 32.9 Å². The molecule has 0 unspecified atom stereocenters. The normalized spacial score (nSPS) is 35.2. The van der Waals surface area contributed by atoms with Gasteiger partial charge in [-0.2, -0.15) is 0 Å². The highest BCUT2D eigenvalue weighted by Gasteiger charge is 2.37. The van der Waals surface area contributed by atoms with Gasteiger partial charge >= 0.3 is 5.97 Å². The molecule has 1 saturated carbocycles. The van der Waals surface area contributed by atoms with Gasteiger partial charge in [0.1, 0.15) is 0 Å². The summed E-state index contributed by atoms with van der Waals surface area (Å²) in [6.07, 6.45) is 7.95. The number of hydrogen-bond donors (Lipinski definition) is 2. The number of nitrogens with one attached hydrogen (secondary N) is 1. The zero-order valence-corrected chi connectivity index (χ0v) is 13.3. The zero-order chi connectivity index (χ0) is 15.6. The Labute approximate surface area is 127 Å². The zero-order valence-electron chi connectivity index (χ0n) is 13.3. The maximum absolute atomic E-state index is 12.5. The van der Waals surface area contributed by atoms with Gasteiger partial charge in [-0.3, -0.25) is 9.59 Å². The molecule has 4 atom stereocenters. The van der Waals surface area contributed by atoms with Crippen LogP contribution in [0.2, 0.25) is 0 Å². The molecule has 0 aliphatic heterocycles. The largest absolute Gasteiger partial charge is 0.481 e. The lowest BCUT2D eigenvalue weighted by Crippen LogP contribution is -2.47. The first kappa shape index (κ1) is 16.1. The van der Waals surface area contributed by atoms with E-state index in [0.717, 1.165) is 12.8 Å². The summed E-state index contributed by atoms with van der Waals surface area (Å²) < 4.78 is 0. The Morgan fingerprint density at radius 3 is 2.33 bits per heavy atom. The molecular formula is C17H27NO3. The van der Waals surface area contributed by atoms with Crippen LogP contribution in [0.5, 0.6) is 0 Å². The number of carboxylic acid groups (broad SMARTS) is 1. The van der Waals surface area contributed by atoms with Crippen molar-refractivity contribution < 1.29 is 14.7 Å². The second-order valence-electron chi connectivity index (χ2n) is 7.61. The number of hydrogen-bond acceptors (Lipinski definition) is 2. The Morgan fingerprint density at radius 1 is 1.14 bits per heavy atom. The fraction of sp³-hybridized carbons (Fsp3) is 0.765. The number of amides is 1. The molecule has 1 fully saturated rings. The molecule has 2 rings (SSSR count). The average molecular weight is 293 g/mol. The first-order chi connectivity index (χ1) is 9.78. The Bertz CT molecular complexity index is 441. The smallest absolute Gasteiger partial charge is 0.307 e. The predicted octanol–water partition coefficient (Wildman–Crippen LogP) is 2.98. The van der Waals surface area contributed by atoms with Gasteiger partial charge in [-0.05, 0) is 43.4 Å². The summed E-state index contributed by atoms with van der Waals surface area (Å²) >= 11 is 0. The molecule has 4 heteroatoms. The highest BCUT2D eigenvalue weighted by Crippen LogP contribution is 2.38. The second kappa shape index (κ2) is 6.20. The number of rotatable bonds is 3. The Morgan fingerprint density at radius 2 is 1.76 bits per heavy atom. The maximum atomic E-state index is 12.5. The van der Waals surface area contributed by atoms with E-state index in [0.29, 0.717) is 18.8 Å². The lowest BCUT2D eigenvalue weighted by Gasteiger charge is -2.40. The van der Waals surface area contributed by atoms with Gasteiger partial charge < -0.3 is 10.4 Å². The van der Waals surface area contributed by atoms with Crippen LogP contribution in [0.4, 0.5) is 0 Å². The van der Waals surface area contributed by atoms with Crippen LogP contribution in [0.1, 0.15) is 52.9 Å². The topological polar surface area (TPSA) is 66.4 Å². The van der Waals surface area contributed by atoms with Gasteiger partial charge in [0.2, 0.25) is 5.91 Å². The number of carboxylic acids is 1. The fourth-order valence-electron chi connectivity index (χ4n) is 4.14. The lowest BCUT2D eigenvalue weighted by atomic mass is 9.70. The molecule has 118 valence electrons. The molecular weight excluding hydrogens is 266 g/mol. The summed E-state index contributed by atoms with van der Waals surface area (Å²) in [5, 5.41) is 12.4. The van der Waals surface area contributed by atoms with Gasteiger partial charge in [-0.25, -0.2) is 0 Å². The molecule has 2 N–H and O–H groups in total. The van der Waals surface area contributed by atoms with Crippen molar-refractivity contribution in [1.29, 1.82) is 0 Å². The van der Waals surface area contributed by atoms with Crippen LogP contribution in [-0.2, 0) is 9.59 Å². The van der Waals surface area contributed by atoms with E-state index in [4.69, 9.17) is 0 Å². The molecule has 21 heavy (non-hydrogen) atoms. The van der Waals surface area contributed by atoms with Crippen LogP contribution in [0, 0.1) is 23.2 Å². The summed E-state index contributed by atoms with van der Waals surface area (Å²) in [6, 6.07) is 0.177. The third kappa shape index (κ3) is 4.08. The minimum Gasteiger partial charge on any atom is -0.481 e. The molecule has 0 spiro atoms. The van der Waals surface area contributed by atoms with Gasteiger partial charge in [0.15, 0.2) is 0 Å². The molecule has 0 aromatic carbocycles. The van der Waals surface area contributed by atoms with E-state index in [1.807, 2.05) is 12.2 Å². The van der Waals surface area contributed by atoms with Gasteiger partial charge in [0.05, 0.1) is 11.8 Å². The number of aliphatic carboxylic acids is 1. The first-order valence-corrected chi connectivity index (χ1v) is 7.96. The van der Waals surface area contributed by atoms with E-state index in [1.54, 1.807) is 0 Å². The predicted molar refractivity (Wildman–Crippen MR) is 81.7 cm³/mol.